The van der Waals surface area contributed by atoms with Gasteiger partial charge in [-0.1, -0.05) is 0 Å². The van der Waals surface area contributed by atoms with Gasteiger partial charge in [0.05, 0.1) is 25.9 Å². The molecule has 0 bridgehead atoms. The molecule has 0 heterocycles. The smallest absolute Gasteiger partial charge is 0.128 e. The molecule has 0 aliphatic carbocycles. The predicted molar refractivity (Wildman–Crippen MR) is 71.2 cm³/mol. The van der Waals surface area contributed by atoms with Crippen LogP contribution in [0.5, 0.6) is 5.75 Å². The van der Waals surface area contributed by atoms with Crippen LogP contribution in [0.3, 0.4) is 0 Å². The van der Waals surface area contributed by atoms with E-state index in [0.29, 0.717) is 18.8 Å². The number of methoxy groups -OCH3 is 1. The second kappa shape index (κ2) is 8.86. The lowest BCUT2D eigenvalue weighted by Crippen LogP contribution is -2.24. The molecule has 0 aromatic heterocycles. The maximum absolute atomic E-state index is 13.2. The summed E-state index contributed by atoms with van der Waals surface area (Å²) in [6.45, 7) is 2.44. The number of hydrogen-bond donors (Lipinski definition) is 2. The SMILES string of the molecule is COCCOCC(O)COc1cc(F)ccc1C(C)O. The Bertz CT molecular complexity index is 397. The monoisotopic (exact) mass is 288 g/mol. The fourth-order valence-electron chi connectivity index (χ4n) is 1.57. The molecule has 0 aliphatic heterocycles. The normalized spacial score (nSPS) is 14.1. The molecule has 5 nitrogen and oxygen atoms in total. The minimum absolute atomic E-state index is 0.0455. The highest BCUT2D eigenvalue weighted by Gasteiger charge is 2.12. The van der Waals surface area contributed by atoms with Gasteiger partial charge in [-0.2, -0.15) is 0 Å². The third-order valence-corrected chi connectivity index (χ3v) is 2.60. The van der Waals surface area contributed by atoms with Crippen molar-refractivity contribution < 1.29 is 28.8 Å². The van der Waals surface area contributed by atoms with Gasteiger partial charge in [0, 0.05) is 18.7 Å². The van der Waals surface area contributed by atoms with E-state index in [4.69, 9.17) is 14.2 Å². The third kappa shape index (κ3) is 5.83. The lowest BCUT2D eigenvalue weighted by atomic mass is 10.1. The van der Waals surface area contributed by atoms with Crippen molar-refractivity contribution in [1.82, 2.24) is 0 Å². The average Bonchev–Trinajstić information content (AvgIpc) is 2.41. The van der Waals surface area contributed by atoms with Crippen LogP contribution in [0.15, 0.2) is 18.2 Å². The Labute approximate surface area is 117 Å². The van der Waals surface area contributed by atoms with Crippen molar-refractivity contribution in [2.24, 2.45) is 0 Å². The molecule has 6 heteroatoms. The standard InChI is InChI=1S/C14H21FO5/c1-10(16)13-4-3-11(15)7-14(13)20-9-12(17)8-19-6-5-18-2/h3-4,7,10,12,16-17H,5-6,8-9H2,1-2H3. The first-order valence-electron chi connectivity index (χ1n) is 6.39. The molecule has 114 valence electrons. The molecule has 0 saturated carbocycles. The van der Waals surface area contributed by atoms with E-state index in [-0.39, 0.29) is 19.0 Å². The Balaban J connectivity index is 2.46. The van der Waals surface area contributed by atoms with Gasteiger partial charge in [-0.15, -0.1) is 0 Å². The van der Waals surface area contributed by atoms with Crippen LogP contribution in [0, 0.1) is 5.82 Å². The zero-order valence-corrected chi connectivity index (χ0v) is 11.7. The number of halogens is 1. The molecule has 0 radical (unpaired) electrons. The summed E-state index contributed by atoms with van der Waals surface area (Å²) in [5.41, 5.74) is 0.471. The number of benzene rings is 1. The zero-order chi connectivity index (χ0) is 15.0. The van der Waals surface area contributed by atoms with Crippen LogP contribution in [0.1, 0.15) is 18.6 Å². The van der Waals surface area contributed by atoms with Crippen molar-refractivity contribution in [3.8, 4) is 5.75 Å². The lowest BCUT2D eigenvalue weighted by molar-refractivity contribution is -0.00464. The van der Waals surface area contributed by atoms with Crippen LogP contribution in [0.25, 0.3) is 0 Å². The summed E-state index contributed by atoms with van der Waals surface area (Å²) in [7, 11) is 1.56. The molecule has 1 rings (SSSR count). The number of aliphatic hydroxyl groups is 2. The van der Waals surface area contributed by atoms with Crippen LogP contribution in [0.2, 0.25) is 0 Å². The highest BCUT2D eigenvalue weighted by Crippen LogP contribution is 2.26. The highest BCUT2D eigenvalue weighted by molar-refractivity contribution is 5.35. The van der Waals surface area contributed by atoms with Crippen molar-refractivity contribution >= 4 is 0 Å². The van der Waals surface area contributed by atoms with Crippen LogP contribution in [0.4, 0.5) is 4.39 Å². The molecule has 0 amide bonds. The summed E-state index contributed by atoms with van der Waals surface area (Å²) in [5.74, 6) is -0.244. The fraction of sp³-hybridized carbons (Fsp3) is 0.571. The summed E-state index contributed by atoms with van der Waals surface area (Å²) >= 11 is 0. The van der Waals surface area contributed by atoms with Crippen LogP contribution < -0.4 is 4.74 Å². The summed E-state index contributed by atoms with van der Waals surface area (Å²) in [6, 6.07) is 3.89. The molecule has 0 spiro atoms. The van der Waals surface area contributed by atoms with Crippen LogP contribution in [-0.4, -0.2) is 49.9 Å². The van der Waals surface area contributed by atoms with E-state index in [1.165, 1.54) is 18.2 Å². The maximum Gasteiger partial charge on any atom is 0.128 e. The number of hydrogen-bond acceptors (Lipinski definition) is 5. The van der Waals surface area contributed by atoms with Gasteiger partial charge in [0.2, 0.25) is 0 Å². The zero-order valence-electron chi connectivity index (χ0n) is 11.7. The molecular weight excluding hydrogens is 267 g/mol. The Morgan fingerprint density at radius 2 is 1.95 bits per heavy atom. The molecule has 2 atom stereocenters. The van der Waals surface area contributed by atoms with Crippen molar-refractivity contribution in [2.45, 2.75) is 19.1 Å². The summed E-state index contributed by atoms with van der Waals surface area (Å²) < 4.78 is 28.4. The summed E-state index contributed by atoms with van der Waals surface area (Å²) in [4.78, 5) is 0. The molecule has 1 aromatic carbocycles. The van der Waals surface area contributed by atoms with Gasteiger partial charge in [-0.3, -0.25) is 0 Å². The van der Waals surface area contributed by atoms with Crippen LogP contribution in [-0.2, 0) is 9.47 Å². The maximum atomic E-state index is 13.2. The third-order valence-electron chi connectivity index (χ3n) is 2.60. The van der Waals surface area contributed by atoms with Gasteiger partial charge in [0.1, 0.15) is 24.3 Å². The highest BCUT2D eigenvalue weighted by atomic mass is 19.1. The summed E-state index contributed by atoms with van der Waals surface area (Å²) in [6.07, 6.45) is -1.61. The first-order chi connectivity index (χ1) is 9.54. The van der Waals surface area contributed by atoms with Crippen LogP contribution >= 0.6 is 0 Å². The van der Waals surface area contributed by atoms with E-state index in [1.807, 2.05) is 0 Å². The molecule has 0 saturated heterocycles. The quantitative estimate of drug-likeness (QED) is 0.670. The number of rotatable bonds is 9. The molecule has 2 unspecified atom stereocenters. The Morgan fingerprint density at radius 1 is 1.20 bits per heavy atom. The van der Waals surface area contributed by atoms with Gasteiger partial charge in [-0.25, -0.2) is 4.39 Å². The van der Waals surface area contributed by atoms with Gasteiger partial charge in [0.15, 0.2) is 0 Å². The Kier molecular flexibility index (Phi) is 7.46. The van der Waals surface area contributed by atoms with E-state index >= 15 is 0 Å². The van der Waals surface area contributed by atoms with Crippen molar-refractivity contribution in [2.75, 3.05) is 33.5 Å². The molecule has 20 heavy (non-hydrogen) atoms. The van der Waals surface area contributed by atoms with E-state index < -0.39 is 18.0 Å². The number of ether oxygens (including phenoxy) is 3. The van der Waals surface area contributed by atoms with Gasteiger partial charge in [0.25, 0.3) is 0 Å². The molecule has 0 fully saturated rings. The summed E-state index contributed by atoms with van der Waals surface area (Å²) in [5, 5.41) is 19.2. The van der Waals surface area contributed by atoms with Gasteiger partial charge >= 0.3 is 0 Å². The first kappa shape index (κ1) is 16.8. The second-order valence-corrected chi connectivity index (χ2v) is 4.39. The fourth-order valence-corrected chi connectivity index (χ4v) is 1.57. The predicted octanol–water partition coefficient (Wildman–Crippen LogP) is 1.28. The molecule has 0 aliphatic rings. The Hall–Kier alpha value is -1.21. The minimum Gasteiger partial charge on any atom is -0.490 e. The van der Waals surface area contributed by atoms with E-state index in [2.05, 4.69) is 0 Å². The second-order valence-electron chi connectivity index (χ2n) is 4.39. The van der Waals surface area contributed by atoms with E-state index in [0.717, 1.165) is 0 Å². The lowest BCUT2D eigenvalue weighted by Gasteiger charge is -2.16. The molecule has 1 aromatic rings. The molecular formula is C14H21FO5. The van der Waals surface area contributed by atoms with Crippen molar-refractivity contribution in [1.29, 1.82) is 0 Å². The first-order valence-corrected chi connectivity index (χ1v) is 6.39. The number of aliphatic hydroxyl groups excluding tert-OH is 2. The molecule has 2 N–H and O–H groups in total. The largest absolute Gasteiger partial charge is 0.490 e. The van der Waals surface area contributed by atoms with Gasteiger partial charge in [-0.05, 0) is 19.1 Å². The van der Waals surface area contributed by atoms with E-state index in [9.17, 15) is 14.6 Å². The average molecular weight is 288 g/mol. The van der Waals surface area contributed by atoms with E-state index in [1.54, 1.807) is 14.0 Å². The minimum atomic E-state index is -0.836. The van der Waals surface area contributed by atoms with Gasteiger partial charge < -0.3 is 24.4 Å². The topological polar surface area (TPSA) is 68.2 Å². The Morgan fingerprint density at radius 3 is 2.60 bits per heavy atom. The van der Waals surface area contributed by atoms with Crippen molar-refractivity contribution in [3.05, 3.63) is 29.6 Å². The van der Waals surface area contributed by atoms with Crippen molar-refractivity contribution in [3.63, 3.8) is 0 Å².